The number of anilines is 2. The van der Waals surface area contributed by atoms with Crippen LogP contribution in [0.5, 0.6) is 17.5 Å². The lowest BCUT2D eigenvalue weighted by atomic mass is 10.1. The van der Waals surface area contributed by atoms with E-state index in [1.54, 1.807) is 13.1 Å². The Balaban J connectivity index is 1.86. The molecule has 4 rings (SSSR count). The molecule has 0 saturated carbocycles. The second-order valence-electron chi connectivity index (χ2n) is 7.91. The van der Waals surface area contributed by atoms with Crippen molar-refractivity contribution in [2.75, 3.05) is 26.2 Å². The highest BCUT2D eigenvalue weighted by molar-refractivity contribution is 7.86. The van der Waals surface area contributed by atoms with Crippen LogP contribution in [-0.2, 0) is 20.2 Å². The highest BCUT2D eigenvalue weighted by atomic mass is 35.5. The van der Waals surface area contributed by atoms with Crippen LogP contribution in [0.4, 0.5) is 23.0 Å². The molecule has 0 saturated heterocycles. The summed E-state index contributed by atoms with van der Waals surface area (Å²) >= 11 is 5.92. The molecule has 0 aliphatic carbocycles. The van der Waals surface area contributed by atoms with Crippen LogP contribution in [-0.4, -0.2) is 67.3 Å². The van der Waals surface area contributed by atoms with Crippen LogP contribution < -0.4 is 14.4 Å². The lowest BCUT2D eigenvalue weighted by Crippen LogP contribution is -2.14. The van der Waals surface area contributed by atoms with Crippen LogP contribution in [0.1, 0.15) is 0 Å². The van der Waals surface area contributed by atoms with Gasteiger partial charge in [0.25, 0.3) is 20.2 Å². The zero-order valence-electron chi connectivity index (χ0n) is 20.7. The van der Waals surface area contributed by atoms with E-state index in [0.29, 0.717) is 5.69 Å². The third-order valence-electron chi connectivity index (χ3n) is 5.46. The third-order valence-corrected chi connectivity index (χ3v) is 7.38. The Bertz CT molecular complexity index is 1890. The molecule has 0 amide bonds. The van der Waals surface area contributed by atoms with E-state index >= 15 is 0 Å². The van der Waals surface area contributed by atoms with Gasteiger partial charge in [-0.2, -0.15) is 31.8 Å². The number of ether oxygens (including phenoxy) is 2. The Morgan fingerprint density at radius 3 is 2.20 bits per heavy atom. The van der Waals surface area contributed by atoms with Crippen LogP contribution in [0.25, 0.3) is 10.8 Å². The van der Waals surface area contributed by atoms with Crippen LogP contribution in [0, 0.1) is 0 Å². The fourth-order valence-corrected chi connectivity index (χ4v) is 4.98. The number of aromatic hydroxyl groups is 1. The van der Waals surface area contributed by atoms with Gasteiger partial charge in [-0.15, -0.1) is 10.2 Å². The molecule has 1 heterocycles. The van der Waals surface area contributed by atoms with Crippen molar-refractivity contribution in [3.8, 4) is 17.5 Å². The number of aromatic nitrogens is 3. The molecule has 0 unspecified atom stereocenters. The Kier molecular flexibility index (Phi) is 7.77. The maximum absolute atomic E-state index is 12.2. The monoisotopic (exact) mass is 610 g/mol. The number of azo groups is 1. The lowest BCUT2D eigenvalue weighted by Gasteiger charge is -2.18. The van der Waals surface area contributed by atoms with Gasteiger partial charge >= 0.3 is 6.01 Å². The van der Waals surface area contributed by atoms with E-state index < -0.39 is 47.2 Å². The summed E-state index contributed by atoms with van der Waals surface area (Å²) < 4.78 is 77.5. The van der Waals surface area contributed by atoms with E-state index in [1.807, 2.05) is 0 Å². The maximum atomic E-state index is 12.2. The summed E-state index contributed by atoms with van der Waals surface area (Å²) in [5.74, 6) is -0.512. The summed E-state index contributed by atoms with van der Waals surface area (Å²) in [7, 11) is -5.58. The maximum Gasteiger partial charge on any atom is 0.322 e. The van der Waals surface area contributed by atoms with Crippen molar-refractivity contribution in [1.29, 1.82) is 0 Å². The first-order chi connectivity index (χ1) is 18.7. The van der Waals surface area contributed by atoms with Gasteiger partial charge in [0.15, 0.2) is 5.75 Å². The standard InChI is InChI=1S/C22H19ClN6O9S2/c1-29(21-24-20(23)25-22(26-21)38-3)12-4-6-14-11(8-12)9-17(40(34,35)36)18(19(14)30)28-27-15-7-5-13(37-2)10-16(15)39(31,32)33/h4-10,30H,1-3H3,(H,31,32,33)(H,34,35,36). The first-order valence-corrected chi connectivity index (χ1v) is 14.0. The highest BCUT2D eigenvalue weighted by Crippen LogP contribution is 2.43. The second-order valence-corrected chi connectivity index (χ2v) is 11.0. The Morgan fingerprint density at radius 2 is 1.57 bits per heavy atom. The molecular formula is C22H19ClN6O9S2. The van der Waals surface area contributed by atoms with E-state index in [9.17, 15) is 31.0 Å². The molecule has 0 bridgehead atoms. The zero-order valence-corrected chi connectivity index (χ0v) is 23.1. The van der Waals surface area contributed by atoms with Crippen LogP contribution in [0.15, 0.2) is 62.5 Å². The molecule has 0 radical (unpaired) electrons. The normalized spacial score (nSPS) is 12.2. The van der Waals surface area contributed by atoms with E-state index in [2.05, 4.69) is 25.2 Å². The molecule has 0 fully saturated rings. The SMILES string of the molecule is COc1ccc(N=Nc2c(S(=O)(=O)O)cc3cc(N(C)c4nc(Cl)nc(OC)n4)ccc3c2O)c(S(=O)(=O)O)c1. The summed E-state index contributed by atoms with van der Waals surface area (Å²) in [4.78, 5) is 11.9. The number of phenolic OH excluding ortho intramolecular Hbond substituents is 1. The zero-order chi connectivity index (χ0) is 29.4. The Morgan fingerprint density at radius 1 is 0.875 bits per heavy atom. The smallest absolute Gasteiger partial charge is 0.322 e. The van der Waals surface area contributed by atoms with E-state index in [1.165, 1.54) is 37.3 Å². The van der Waals surface area contributed by atoms with Gasteiger partial charge in [-0.1, -0.05) is 0 Å². The third kappa shape index (κ3) is 5.87. The van der Waals surface area contributed by atoms with Crippen molar-refractivity contribution in [3.63, 3.8) is 0 Å². The number of hydrogen-bond acceptors (Lipinski definition) is 13. The number of fused-ring (bicyclic) bond motifs is 1. The molecule has 3 N–H and O–H groups in total. The number of hydrogen-bond donors (Lipinski definition) is 3. The molecule has 0 aliphatic heterocycles. The van der Waals surface area contributed by atoms with Gasteiger partial charge in [0.05, 0.1) is 14.2 Å². The van der Waals surface area contributed by atoms with Crippen LogP contribution in [0.2, 0.25) is 5.28 Å². The number of rotatable bonds is 8. The molecule has 18 heteroatoms. The van der Waals surface area contributed by atoms with Crippen molar-refractivity contribution in [2.24, 2.45) is 10.2 Å². The fraction of sp³-hybridized carbons (Fsp3) is 0.136. The molecule has 0 aliphatic rings. The lowest BCUT2D eigenvalue weighted by molar-refractivity contribution is 0.378. The predicted octanol–water partition coefficient (Wildman–Crippen LogP) is 4.08. The summed E-state index contributed by atoms with van der Waals surface area (Å²) in [6.45, 7) is 0. The van der Waals surface area contributed by atoms with Crippen molar-refractivity contribution in [3.05, 3.63) is 47.7 Å². The molecule has 4 aromatic rings. The molecule has 0 spiro atoms. The number of halogens is 1. The largest absolute Gasteiger partial charge is 0.505 e. The first-order valence-electron chi connectivity index (χ1n) is 10.8. The molecule has 3 aromatic carbocycles. The van der Waals surface area contributed by atoms with E-state index in [4.69, 9.17) is 21.1 Å². The first kappa shape index (κ1) is 28.8. The second kappa shape index (κ2) is 10.8. The van der Waals surface area contributed by atoms with Gasteiger partial charge in [0.1, 0.15) is 26.9 Å². The number of methoxy groups -OCH3 is 2. The van der Waals surface area contributed by atoms with Gasteiger partial charge in [-0.25, -0.2) is 0 Å². The minimum atomic E-state index is -4.98. The molecular weight excluding hydrogens is 592 g/mol. The predicted molar refractivity (Wildman–Crippen MR) is 142 cm³/mol. The number of phenols is 1. The molecule has 40 heavy (non-hydrogen) atoms. The van der Waals surface area contributed by atoms with Crippen LogP contribution in [0.3, 0.4) is 0 Å². The summed E-state index contributed by atoms with van der Waals surface area (Å²) in [6, 6.07) is 8.87. The minimum absolute atomic E-state index is 0.0436. The topological polar surface area (TPSA) is 214 Å². The molecule has 1 aromatic heterocycles. The average Bonchev–Trinajstić information content (AvgIpc) is 2.90. The van der Waals surface area contributed by atoms with Crippen molar-refractivity contribution >= 4 is 65.6 Å². The van der Waals surface area contributed by atoms with Gasteiger partial charge in [0.2, 0.25) is 11.2 Å². The fourth-order valence-electron chi connectivity index (χ4n) is 3.53. The minimum Gasteiger partial charge on any atom is -0.505 e. The average molecular weight is 611 g/mol. The Hall–Kier alpha value is -4.16. The summed E-state index contributed by atoms with van der Waals surface area (Å²) in [6.07, 6.45) is 0. The number of benzene rings is 3. The van der Waals surface area contributed by atoms with Crippen molar-refractivity contribution < 1.29 is 40.5 Å². The van der Waals surface area contributed by atoms with Crippen molar-refractivity contribution in [1.82, 2.24) is 15.0 Å². The van der Waals surface area contributed by atoms with E-state index in [-0.39, 0.29) is 33.8 Å². The Labute approximate surface area is 232 Å². The van der Waals surface area contributed by atoms with Gasteiger partial charge in [-0.05, 0) is 53.4 Å². The van der Waals surface area contributed by atoms with Gasteiger partial charge in [-0.3, -0.25) is 9.11 Å². The summed E-state index contributed by atoms with van der Waals surface area (Å²) in [5.41, 5.74) is -0.655. The van der Waals surface area contributed by atoms with Gasteiger partial charge < -0.3 is 19.5 Å². The molecule has 210 valence electrons. The van der Waals surface area contributed by atoms with Crippen molar-refractivity contribution in [2.45, 2.75) is 9.79 Å². The number of nitrogens with zero attached hydrogens (tertiary/aromatic N) is 6. The molecule has 15 nitrogen and oxygen atoms in total. The van der Waals surface area contributed by atoms with E-state index in [0.717, 1.165) is 18.2 Å². The quantitative estimate of drug-likeness (QED) is 0.189. The van der Waals surface area contributed by atoms with Gasteiger partial charge in [0, 0.05) is 24.2 Å². The summed E-state index contributed by atoms with van der Waals surface area (Å²) in [5, 5.41) is 18.5. The highest BCUT2D eigenvalue weighted by Gasteiger charge is 2.24. The molecule has 0 atom stereocenters. The van der Waals surface area contributed by atoms with Crippen LogP contribution >= 0.6 is 11.6 Å².